The number of nitrogens with one attached hydrogen (secondary N) is 1. The summed E-state index contributed by atoms with van der Waals surface area (Å²) in [6.07, 6.45) is 0.951. The largest absolute Gasteiger partial charge is 0.352 e. The first-order valence-electron chi connectivity index (χ1n) is 5.28. The summed E-state index contributed by atoms with van der Waals surface area (Å²) in [5.74, 6) is -0.0459. The second kappa shape index (κ2) is 6.51. The highest BCUT2D eigenvalue weighted by Gasteiger charge is 2.03. The molecule has 4 heteroatoms. The summed E-state index contributed by atoms with van der Waals surface area (Å²) in [4.78, 5) is 13.7. The number of hydrogen-bond acceptors (Lipinski definition) is 2. The molecule has 1 aromatic carbocycles. The first-order valence-corrected chi connectivity index (χ1v) is 5.66. The molecule has 0 fully saturated rings. The molecule has 1 rings (SSSR count). The van der Waals surface area contributed by atoms with E-state index >= 15 is 0 Å². The highest BCUT2D eigenvalue weighted by Crippen LogP contribution is 2.09. The van der Waals surface area contributed by atoms with Gasteiger partial charge >= 0.3 is 0 Å². The third kappa shape index (κ3) is 4.64. The van der Waals surface area contributed by atoms with Gasteiger partial charge in [-0.3, -0.25) is 4.79 Å². The lowest BCUT2D eigenvalue weighted by Crippen LogP contribution is -2.27. The fraction of sp³-hybridized carbons (Fsp3) is 0.417. The summed E-state index contributed by atoms with van der Waals surface area (Å²) in [7, 11) is 4.03. The molecule has 1 amide bonds. The van der Waals surface area contributed by atoms with Crippen LogP contribution in [0.3, 0.4) is 0 Å². The van der Waals surface area contributed by atoms with E-state index in [-0.39, 0.29) is 5.91 Å². The third-order valence-electron chi connectivity index (χ3n) is 2.17. The third-order valence-corrected chi connectivity index (χ3v) is 2.43. The van der Waals surface area contributed by atoms with Crippen LogP contribution in [0.25, 0.3) is 0 Å². The van der Waals surface area contributed by atoms with Gasteiger partial charge in [-0.15, -0.1) is 0 Å². The number of benzene rings is 1. The van der Waals surface area contributed by atoms with E-state index < -0.39 is 0 Å². The molecule has 0 aliphatic carbocycles. The smallest absolute Gasteiger partial charge is 0.251 e. The molecule has 0 spiro atoms. The molecule has 88 valence electrons. The average Bonchev–Trinajstić information content (AvgIpc) is 2.25. The minimum Gasteiger partial charge on any atom is -0.352 e. The number of nitrogens with zero attached hydrogens (tertiary/aromatic N) is 1. The lowest BCUT2D eigenvalue weighted by molar-refractivity contribution is 0.0952. The van der Waals surface area contributed by atoms with Crippen LogP contribution in [-0.2, 0) is 0 Å². The van der Waals surface area contributed by atoms with E-state index in [1.54, 1.807) is 24.3 Å². The molecule has 1 aromatic rings. The zero-order valence-corrected chi connectivity index (χ0v) is 10.4. The number of carbonyl (C=O) groups excluding carboxylic acids is 1. The topological polar surface area (TPSA) is 32.3 Å². The Labute approximate surface area is 101 Å². The molecule has 1 N–H and O–H groups in total. The van der Waals surface area contributed by atoms with Crippen LogP contribution < -0.4 is 5.32 Å². The van der Waals surface area contributed by atoms with Crippen LogP contribution in [0.15, 0.2) is 24.3 Å². The number of amides is 1. The van der Waals surface area contributed by atoms with E-state index in [0.29, 0.717) is 17.1 Å². The van der Waals surface area contributed by atoms with E-state index in [1.165, 1.54) is 0 Å². The maximum absolute atomic E-state index is 11.6. The minimum absolute atomic E-state index is 0.0459. The van der Waals surface area contributed by atoms with Crippen molar-refractivity contribution in [3.63, 3.8) is 0 Å². The summed E-state index contributed by atoms with van der Waals surface area (Å²) >= 11 is 5.74. The lowest BCUT2D eigenvalue weighted by Gasteiger charge is -2.09. The van der Waals surface area contributed by atoms with Crippen LogP contribution >= 0.6 is 11.6 Å². The van der Waals surface area contributed by atoms with Gasteiger partial charge in [0.25, 0.3) is 5.91 Å². The van der Waals surface area contributed by atoms with Crippen molar-refractivity contribution >= 4 is 17.5 Å². The van der Waals surface area contributed by atoms with Gasteiger partial charge < -0.3 is 10.2 Å². The zero-order chi connectivity index (χ0) is 12.0. The predicted molar refractivity (Wildman–Crippen MR) is 67.0 cm³/mol. The SMILES string of the molecule is CN(C)CCCNC(=O)c1ccc(Cl)cc1. The zero-order valence-electron chi connectivity index (χ0n) is 9.66. The molecule has 0 saturated heterocycles. The molecule has 0 aromatic heterocycles. The van der Waals surface area contributed by atoms with Crippen LogP contribution in [0, 0.1) is 0 Å². The first kappa shape index (κ1) is 13.0. The van der Waals surface area contributed by atoms with Gasteiger partial charge in [0.2, 0.25) is 0 Å². The summed E-state index contributed by atoms with van der Waals surface area (Å²) < 4.78 is 0. The van der Waals surface area contributed by atoms with Gasteiger partial charge in [0.05, 0.1) is 0 Å². The number of rotatable bonds is 5. The van der Waals surface area contributed by atoms with E-state index in [2.05, 4.69) is 10.2 Å². The fourth-order valence-electron chi connectivity index (χ4n) is 1.30. The van der Waals surface area contributed by atoms with Crippen molar-refractivity contribution in [2.24, 2.45) is 0 Å². The van der Waals surface area contributed by atoms with Crippen LogP contribution in [-0.4, -0.2) is 38.0 Å². The monoisotopic (exact) mass is 240 g/mol. The van der Waals surface area contributed by atoms with Crippen molar-refractivity contribution in [1.82, 2.24) is 10.2 Å². The van der Waals surface area contributed by atoms with Crippen LogP contribution in [0.1, 0.15) is 16.8 Å². The highest BCUT2D eigenvalue weighted by atomic mass is 35.5. The highest BCUT2D eigenvalue weighted by molar-refractivity contribution is 6.30. The number of halogens is 1. The van der Waals surface area contributed by atoms with Crippen molar-refractivity contribution in [1.29, 1.82) is 0 Å². The van der Waals surface area contributed by atoms with Crippen LogP contribution in [0.4, 0.5) is 0 Å². The Morgan fingerprint density at radius 3 is 2.50 bits per heavy atom. The molecular weight excluding hydrogens is 224 g/mol. The van der Waals surface area contributed by atoms with E-state index in [9.17, 15) is 4.79 Å². The van der Waals surface area contributed by atoms with Gasteiger partial charge in [0.1, 0.15) is 0 Å². The van der Waals surface area contributed by atoms with Gasteiger partial charge in [0.15, 0.2) is 0 Å². The van der Waals surface area contributed by atoms with Gasteiger partial charge in [-0.25, -0.2) is 0 Å². The normalized spacial score (nSPS) is 10.5. The van der Waals surface area contributed by atoms with Crippen LogP contribution in [0.2, 0.25) is 5.02 Å². The molecule has 16 heavy (non-hydrogen) atoms. The van der Waals surface area contributed by atoms with Crippen molar-refractivity contribution in [2.75, 3.05) is 27.2 Å². The van der Waals surface area contributed by atoms with Crippen molar-refractivity contribution in [2.45, 2.75) is 6.42 Å². The first-order chi connectivity index (χ1) is 7.59. The fourth-order valence-corrected chi connectivity index (χ4v) is 1.43. The molecule has 0 radical (unpaired) electrons. The molecule has 0 heterocycles. The van der Waals surface area contributed by atoms with Crippen molar-refractivity contribution < 1.29 is 4.79 Å². The summed E-state index contributed by atoms with van der Waals surface area (Å²) in [5, 5.41) is 3.51. The lowest BCUT2D eigenvalue weighted by atomic mass is 10.2. The molecule has 0 atom stereocenters. The number of carbonyl (C=O) groups is 1. The van der Waals surface area contributed by atoms with E-state index in [0.717, 1.165) is 13.0 Å². The maximum atomic E-state index is 11.6. The Morgan fingerprint density at radius 1 is 1.31 bits per heavy atom. The molecule has 3 nitrogen and oxygen atoms in total. The molecule has 0 aliphatic heterocycles. The van der Waals surface area contributed by atoms with Gasteiger partial charge in [0, 0.05) is 17.1 Å². The molecule has 0 unspecified atom stereocenters. The predicted octanol–water partition coefficient (Wildman–Crippen LogP) is 2.02. The Bertz CT molecular complexity index is 335. The van der Waals surface area contributed by atoms with Gasteiger partial charge in [-0.2, -0.15) is 0 Å². The standard InChI is InChI=1S/C12H17ClN2O/c1-15(2)9-3-8-14-12(16)10-4-6-11(13)7-5-10/h4-7H,3,8-9H2,1-2H3,(H,14,16). The maximum Gasteiger partial charge on any atom is 0.251 e. The van der Waals surface area contributed by atoms with E-state index in [1.807, 2.05) is 14.1 Å². The van der Waals surface area contributed by atoms with Crippen molar-refractivity contribution in [3.8, 4) is 0 Å². The summed E-state index contributed by atoms with van der Waals surface area (Å²) in [5.41, 5.74) is 0.647. The summed E-state index contributed by atoms with van der Waals surface area (Å²) in [6, 6.07) is 6.89. The van der Waals surface area contributed by atoms with Gasteiger partial charge in [-0.1, -0.05) is 11.6 Å². The average molecular weight is 241 g/mol. The Morgan fingerprint density at radius 2 is 1.94 bits per heavy atom. The second-order valence-electron chi connectivity index (χ2n) is 3.92. The second-order valence-corrected chi connectivity index (χ2v) is 4.36. The van der Waals surface area contributed by atoms with Crippen molar-refractivity contribution in [3.05, 3.63) is 34.9 Å². The molecular formula is C12H17ClN2O. The van der Waals surface area contributed by atoms with Gasteiger partial charge in [-0.05, 0) is 51.3 Å². The van der Waals surface area contributed by atoms with Crippen LogP contribution in [0.5, 0.6) is 0 Å². The molecule has 0 aliphatic rings. The molecule has 0 saturated carbocycles. The number of hydrogen-bond donors (Lipinski definition) is 1. The Kier molecular flexibility index (Phi) is 5.29. The Balaban J connectivity index is 2.32. The van der Waals surface area contributed by atoms with E-state index in [4.69, 9.17) is 11.6 Å². The summed E-state index contributed by atoms with van der Waals surface area (Å²) in [6.45, 7) is 1.67. The Hall–Kier alpha value is -1.06. The minimum atomic E-state index is -0.0459. The molecule has 0 bridgehead atoms. The quantitative estimate of drug-likeness (QED) is 0.799.